The summed E-state index contributed by atoms with van der Waals surface area (Å²) < 4.78 is 2.02. The number of hydrogen-bond donors (Lipinski definition) is 1. The van der Waals surface area contributed by atoms with Gasteiger partial charge in [0, 0.05) is 12.7 Å². The van der Waals surface area contributed by atoms with Crippen molar-refractivity contribution in [3.63, 3.8) is 0 Å². The summed E-state index contributed by atoms with van der Waals surface area (Å²) in [5, 5.41) is 0. The van der Waals surface area contributed by atoms with Crippen molar-refractivity contribution in [3.8, 4) is 0 Å². The lowest BCUT2D eigenvalue weighted by Gasteiger charge is -2.23. The SMILES string of the molecule is Cc1ccc2nc(C3CCCN3C(=O)Cc3c(C)nc4ccccn34)[nH]c2c1. The van der Waals surface area contributed by atoms with Crippen LogP contribution in [-0.4, -0.2) is 36.7 Å². The van der Waals surface area contributed by atoms with E-state index in [4.69, 9.17) is 4.98 Å². The van der Waals surface area contributed by atoms with Crippen LogP contribution in [-0.2, 0) is 11.2 Å². The summed E-state index contributed by atoms with van der Waals surface area (Å²) in [5.41, 5.74) is 5.95. The number of likely N-dealkylation sites (tertiary alicyclic amines) is 1. The molecule has 142 valence electrons. The van der Waals surface area contributed by atoms with Crippen LogP contribution in [0.1, 0.15) is 41.7 Å². The minimum absolute atomic E-state index is 0.0136. The van der Waals surface area contributed by atoms with Crippen LogP contribution >= 0.6 is 0 Å². The highest BCUT2D eigenvalue weighted by Gasteiger charge is 2.32. The fourth-order valence-corrected chi connectivity index (χ4v) is 4.27. The monoisotopic (exact) mass is 373 g/mol. The number of hydrogen-bond acceptors (Lipinski definition) is 3. The third-order valence-corrected chi connectivity index (χ3v) is 5.69. The van der Waals surface area contributed by atoms with Gasteiger partial charge in [-0.1, -0.05) is 12.1 Å². The van der Waals surface area contributed by atoms with Gasteiger partial charge < -0.3 is 14.3 Å². The molecule has 0 aliphatic carbocycles. The Kier molecular flexibility index (Phi) is 3.93. The second-order valence-electron chi connectivity index (χ2n) is 7.64. The molecule has 3 aromatic heterocycles. The smallest absolute Gasteiger partial charge is 0.229 e. The number of aryl methyl sites for hydroxylation is 2. The van der Waals surface area contributed by atoms with Crippen LogP contribution in [0.15, 0.2) is 42.6 Å². The van der Waals surface area contributed by atoms with Gasteiger partial charge in [-0.15, -0.1) is 0 Å². The number of pyridine rings is 1. The topological polar surface area (TPSA) is 66.3 Å². The summed E-state index contributed by atoms with van der Waals surface area (Å²) in [7, 11) is 0. The van der Waals surface area contributed by atoms with E-state index in [0.29, 0.717) is 6.42 Å². The largest absolute Gasteiger partial charge is 0.340 e. The summed E-state index contributed by atoms with van der Waals surface area (Å²) in [6.07, 6.45) is 4.27. The van der Waals surface area contributed by atoms with Gasteiger partial charge in [-0.3, -0.25) is 4.79 Å². The molecule has 5 rings (SSSR count). The first-order valence-electron chi connectivity index (χ1n) is 9.78. The molecular formula is C22H23N5O. The van der Waals surface area contributed by atoms with E-state index in [1.54, 1.807) is 0 Å². The molecule has 0 saturated carbocycles. The van der Waals surface area contributed by atoms with Gasteiger partial charge in [0.15, 0.2) is 0 Å². The zero-order valence-electron chi connectivity index (χ0n) is 16.1. The highest BCUT2D eigenvalue weighted by atomic mass is 16.2. The quantitative estimate of drug-likeness (QED) is 0.595. The second-order valence-corrected chi connectivity index (χ2v) is 7.64. The molecule has 4 aromatic rings. The van der Waals surface area contributed by atoms with Crippen molar-refractivity contribution in [3.05, 3.63) is 65.4 Å². The van der Waals surface area contributed by atoms with E-state index in [1.807, 2.05) is 46.7 Å². The Labute approximate surface area is 163 Å². The molecule has 0 spiro atoms. The van der Waals surface area contributed by atoms with E-state index in [2.05, 4.69) is 29.0 Å². The molecule has 1 N–H and O–H groups in total. The maximum Gasteiger partial charge on any atom is 0.229 e. The average Bonchev–Trinajstić information content (AvgIpc) is 3.38. The molecule has 1 aromatic carbocycles. The van der Waals surface area contributed by atoms with Crippen molar-refractivity contribution >= 4 is 22.6 Å². The lowest BCUT2D eigenvalue weighted by atomic mass is 10.2. The Hall–Kier alpha value is -3.15. The van der Waals surface area contributed by atoms with Crippen molar-refractivity contribution in [2.24, 2.45) is 0 Å². The van der Waals surface area contributed by atoms with Crippen LogP contribution in [0.3, 0.4) is 0 Å². The van der Waals surface area contributed by atoms with E-state index in [9.17, 15) is 4.79 Å². The Bertz CT molecular complexity index is 1190. The van der Waals surface area contributed by atoms with Gasteiger partial charge in [0.1, 0.15) is 11.5 Å². The van der Waals surface area contributed by atoms with Crippen LogP contribution in [0.4, 0.5) is 0 Å². The van der Waals surface area contributed by atoms with Gasteiger partial charge in [-0.25, -0.2) is 9.97 Å². The molecule has 1 aliphatic rings. The maximum atomic E-state index is 13.2. The minimum atomic E-state index is 0.0136. The summed E-state index contributed by atoms with van der Waals surface area (Å²) in [5.74, 6) is 1.02. The van der Waals surface area contributed by atoms with Gasteiger partial charge in [0.2, 0.25) is 5.91 Å². The van der Waals surface area contributed by atoms with Crippen molar-refractivity contribution in [1.82, 2.24) is 24.3 Å². The summed E-state index contributed by atoms with van der Waals surface area (Å²) >= 11 is 0. The van der Waals surface area contributed by atoms with E-state index in [1.165, 1.54) is 5.56 Å². The summed E-state index contributed by atoms with van der Waals surface area (Å²) in [6, 6.07) is 12.1. The average molecular weight is 373 g/mol. The lowest BCUT2D eigenvalue weighted by Crippen LogP contribution is -2.32. The second kappa shape index (κ2) is 6.48. The van der Waals surface area contributed by atoms with Crippen LogP contribution in [0.25, 0.3) is 16.7 Å². The molecule has 0 radical (unpaired) electrons. The number of carbonyl (C=O) groups excluding carboxylic acids is 1. The molecule has 6 heteroatoms. The van der Waals surface area contributed by atoms with Crippen LogP contribution < -0.4 is 0 Å². The van der Waals surface area contributed by atoms with Gasteiger partial charge in [0.25, 0.3) is 0 Å². The minimum Gasteiger partial charge on any atom is -0.340 e. The Morgan fingerprint density at radius 3 is 3.00 bits per heavy atom. The predicted octanol–water partition coefficient (Wildman–Crippen LogP) is 3.73. The number of fused-ring (bicyclic) bond motifs is 2. The van der Waals surface area contributed by atoms with Crippen molar-refractivity contribution < 1.29 is 4.79 Å². The first-order chi connectivity index (χ1) is 13.6. The molecule has 28 heavy (non-hydrogen) atoms. The normalized spacial score (nSPS) is 17.1. The number of aromatic nitrogens is 4. The molecule has 1 amide bonds. The fourth-order valence-electron chi connectivity index (χ4n) is 4.27. The van der Waals surface area contributed by atoms with E-state index >= 15 is 0 Å². The number of benzene rings is 1. The van der Waals surface area contributed by atoms with Crippen LogP contribution in [0.5, 0.6) is 0 Å². The molecule has 1 fully saturated rings. The zero-order valence-corrected chi connectivity index (χ0v) is 16.1. The molecule has 6 nitrogen and oxygen atoms in total. The molecule has 1 saturated heterocycles. The highest BCUT2D eigenvalue weighted by Crippen LogP contribution is 2.32. The third-order valence-electron chi connectivity index (χ3n) is 5.69. The predicted molar refractivity (Wildman–Crippen MR) is 108 cm³/mol. The number of rotatable bonds is 3. The van der Waals surface area contributed by atoms with Crippen LogP contribution in [0.2, 0.25) is 0 Å². The lowest BCUT2D eigenvalue weighted by molar-refractivity contribution is -0.131. The van der Waals surface area contributed by atoms with Gasteiger partial charge in [-0.2, -0.15) is 0 Å². The van der Waals surface area contributed by atoms with Gasteiger partial charge in [0.05, 0.1) is 34.9 Å². The Morgan fingerprint density at radius 2 is 2.11 bits per heavy atom. The standard InChI is InChI=1S/C22H23N5O/c1-14-8-9-16-17(12-14)25-22(24-16)18-6-5-11-27(18)21(28)13-19-15(2)23-20-7-3-4-10-26(19)20/h3-4,7-10,12,18H,5-6,11,13H2,1-2H3,(H,24,25). The molecule has 0 bridgehead atoms. The third kappa shape index (κ3) is 2.76. The molecule has 4 heterocycles. The molecule has 1 atom stereocenters. The summed E-state index contributed by atoms with van der Waals surface area (Å²) in [6.45, 7) is 4.82. The molecule has 1 aliphatic heterocycles. The van der Waals surface area contributed by atoms with Gasteiger partial charge in [-0.05, 0) is 56.5 Å². The first-order valence-corrected chi connectivity index (χ1v) is 9.78. The number of carbonyl (C=O) groups is 1. The maximum absolute atomic E-state index is 13.2. The van der Waals surface area contributed by atoms with E-state index in [0.717, 1.165) is 53.3 Å². The number of imidazole rings is 2. The highest BCUT2D eigenvalue weighted by molar-refractivity contribution is 5.80. The zero-order chi connectivity index (χ0) is 19.3. The number of amides is 1. The van der Waals surface area contributed by atoms with Gasteiger partial charge >= 0.3 is 0 Å². The number of nitrogens with zero attached hydrogens (tertiary/aromatic N) is 4. The number of nitrogens with one attached hydrogen (secondary N) is 1. The summed E-state index contributed by atoms with van der Waals surface area (Å²) in [4.78, 5) is 28.0. The number of aromatic amines is 1. The van der Waals surface area contributed by atoms with E-state index < -0.39 is 0 Å². The van der Waals surface area contributed by atoms with Crippen LogP contribution in [0, 0.1) is 13.8 Å². The Morgan fingerprint density at radius 1 is 1.21 bits per heavy atom. The first kappa shape index (κ1) is 17.0. The van der Waals surface area contributed by atoms with E-state index in [-0.39, 0.29) is 11.9 Å². The Balaban J connectivity index is 1.44. The fraction of sp³-hybridized carbons (Fsp3) is 0.318. The molecular weight excluding hydrogens is 350 g/mol. The number of H-pyrrole nitrogens is 1. The molecule has 1 unspecified atom stereocenters. The van der Waals surface area contributed by atoms with Crippen molar-refractivity contribution in [2.75, 3.05) is 6.54 Å². The van der Waals surface area contributed by atoms with Crippen molar-refractivity contribution in [2.45, 2.75) is 39.2 Å². The van der Waals surface area contributed by atoms with Crippen molar-refractivity contribution in [1.29, 1.82) is 0 Å².